The summed E-state index contributed by atoms with van der Waals surface area (Å²) in [6.07, 6.45) is 1.38. The molecule has 0 fully saturated rings. The van der Waals surface area contributed by atoms with Gasteiger partial charge in [-0.1, -0.05) is 17.7 Å². The molecule has 0 saturated heterocycles. The molecule has 0 spiro atoms. The van der Waals surface area contributed by atoms with Gasteiger partial charge in [0.1, 0.15) is 22.3 Å². The number of halogens is 3. The number of hydrogen-bond donors (Lipinski definition) is 0. The van der Waals surface area contributed by atoms with E-state index in [4.69, 9.17) is 16.3 Å². The van der Waals surface area contributed by atoms with Gasteiger partial charge in [0, 0.05) is 12.3 Å². The van der Waals surface area contributed by atoms with Gasteiger partial charge in [-0.25, -0.2) is 21.5 Å². The fourth-order valence-corrected chi connectivity index (χ4v) is 4.35. The molecule has 0 amide bonds. The first-order valence-electron chi connectivity index (χ1n) is 8.32. The van der Waals surface area contributed by atoms with E-state index < -0.39 is 31.6 Å². The van der Waals surface area contributed by atoms with Gasteiger partial charge in [0.15, 0.2) is 5.82 Å². The van der Waals surface area contributed by atoms with Crippen LogP contribution in [0.5, 0.6) is 5.75 Å². The average molecular weight is 440 g/mol. The van der Waals surface area contributed by atoms with Crippen LogP contribution in [0.25, 0.3) is 0 Å². The maximum absolute atomic E-state index is 14.4. The fraction of sp³-hybridized carbons (Fsp3) is 0.158. The van der Waals surface area contributed by atoms with Crippen molar-refractivity contribution < 1.29 is 21.9 Å². The quantitative estimate of drug-likeness (QED) is 0.540. The first-order chi connectivity index (χ1) is 13.7. The molecule has 0 radical (unpaired) electrons. The Morgan fingerprint density at radius 2 is 1.90 bits per heavy atom. The lowest BCUT2D eigenvalue weighted by molar-refractivity contribution is 0.414. The van der Waals surface area contributed by atoms with E-state index in [1.165, 1.54) is 25.4 Å². The Kier molecular flexibility index (Phi) is 5.99. The predicted molar refractivity (Wildman–Crippen MR) is 104 cm³/mol. The molecule has 1 heterocycles. The van der Waals surface area contributed by atoms with Gasteiger partial charge in [-0.15, -0.1) is 5.10 Å². The highest BCUT2D eigenvalue weighted by Crippen LogP contribution is 2.30. The molecule has 1 aromatic heterocycles. The normalized spacial score (nSPS) is 11.3. The molecule has 2 aromatic carbocycles. The SMILES string of the molecule is COc1ccc(CN(c2cccnn2)S(=O)(=O)c2cc(Cl)c(F)cc2F)c(C)c1. The molecule has 152 valence electrons. The van der Waals surface area contributed by atoms with Crippen molar-refractivity contribution in [3.63, 3.8) is 0 Å². The standard InChI is InChI=1S/C19H16ClF2N3O3S/c1-12-8-14(28-2)6-5-13(12)11-25(19-4-3-7-23-24-19)29(26,27)18-9-15(20)16(21)10-17(18)22/h3-10H,11H2,1-2H3. The molecular weight excluding hydrogens is 424 g/mol. The highest BCUT2D eigenvalue weighted by Gasteiger charge is 2.31. The van der Waals surface area contributed by atoms with Crippen molar-refractivity contribution in [2.45, 2.75) is 18.4 Å². The molecule has 29 heavy (non-hydrogen) atoms. The second kappa shape index (κ2) is 8.30. The second-order valence-electron chi connectivity index (χ2n) is 6.08. The molecule has 0 aliphatic heterocycles. The zero-order valence-corrected chi connectivity index (χ0v) is 17.0. The summed E-state index contributed by atoms with van der Waals surface area (Å²) in [6.45, 7) is 1.62. The molecular formula is C19H16ClF2N3O3S. The zero-order chi connectivity index (χ0) is 21.2. The molecule has 3 aromatic rings. The van der Waals surface area contributed by atoms with Crippen LogP contribution >= 0.6 is 11.6 Å². The van der Waals surface area contributed by atoms with Crippen molar-refractivity contribution >= 4 is 27.4 Å². The summed E-state index contributed by atoms with van der Waals surface area (Å²) in [7, 11) is -2.96. The van der Waals surface area contributed by atoms with E-state index >= 15 is 0 Å². The van der Waals surface area contributed by atoms with Crippen LogP contribution < -0.4 is 9.04 Å². The predicted octanol–water partition coefficient (Wildman–Crippen LogP) is 4.12. The number of nitrogens with zero attached hydrogens (tertiary/aromatic N) is 3. The van der Waals surface area contributed by atoms with Crippen LogP contribution in [0, 0.1) is 18.6 Å². The van der Waals surface area contributed by atoms with E-state index in [0.717, 1.165) is 15.9 Å². The number of sulfonamides is 1. The van der Waals surface area contributed by atoms with Crippen LogP contribution in [0.15, 0.2) is 53.6 Å². The Morgan fingerprint density at radius 1 is 1.14 bits per heavy atom. The summed E-state index contributed by atoms with van der Waals surface area (Å²) in [6, 6.07) is 9.22. The van der Waals surface area contributed by atoms with Crippen LogP contribution in [0.2, 0.25) is 5.02 Å². The Morgan fingerprint density at radius 3 is 2.52 bits per heavy atom. The maximum atomic E-state index is 14.4. The van der Waals surface area contributed by atoms with Gasteiger partial charge in [-0.05, 0) is 48.4 Å². The number of rotatable bonds is 6. The Labute approximate surface area is 171 Å². The zero-order valence-electron chi connectivity index (χ0n) is 15.4. The number of aromatic nitrogens is 2. The minimum absolute atomic E-state index is 0.0254. The molecule has 0 atom stereocenters. The van der Waals surface area contributed by atoms with Gasteiger partial charge in [-0.2, -0.15) is 5.10 Å². The number of benzene rings is 2. The lowest BCUT2D eigenvalue weighted by atomic mass is 10.1. The first-order valence-corrected chi connectivity index (χ1v) is 10.1. The number of hydrogen-bond acceptors (Lipinski definition) is 5. The van der Waals surface area contributed by atoms with E-state index in [-0.39, 0.29) is 12.4 Å². The minimum atomic E-state index is -4.48. The van der Waals surface area contributed by atoms with Gasteiger partial charge in [0.05, 0.1) is 18.7 Å². The molecule has 0 unspecified atom stereocenters. The molecule has 0 aliphatic rings. The van der Waals surface area contributed by atoms with Gasteiger partial charge in [-0.3, -0.25) is 0 Å². The Hall–Kier alpha value is -2.78. The second-order valence-corrected chi connectivity index (χ2v) is 8.32. The number of methoxy groups -OCH3 is 1. The van der Waals surface area contributed by atoms with Crippen LogP contribution in [-0.2, 0) is 16.6 Å². The van der Waals surface area contributed by atoms with Crippen LogP contribution in [0.4, 0.5) is 14.6 Å². The van der Waals surface area contributed by atoms with E-state index in [2.05, 4.69) is 10.2 Å². The summed E-state index contributed by atoms with van der Waals surface area (Å²) >= 11 is 5.69. The van der Waals surface area contributed by atoms with E-state index in [1.807, 2.05) is 0 Å². The summed E-state index contributed by atoms with van der Waals surface area (Å²) < 4.78 is 60.5. The van der Waals surface area contributed by atoms with Crippen molar-refractivity contribution in [3.05, 3.63) is 76.4 Å². The first kappa shape index (κ1) is 20.9. The highest BCUT2D eigenvalue weighted by atomic mass is 35.5. The lowest BCUT2D eigenvalue weighted by Crippen LogP contribution is -2.32. The third-order valence-corrected chi connectivity index (χ3v) is 6.28. The van der Waals surface area contributed by atoms with Gasteiger partial charge in [0.2, 0.25) is 0 Å². The third kappa shape index (κ3) is 4.30. The average Bonchev–Trinajstić information content (AvgIpc) is 2.70. The van der Waals surface area contributed by atoms with Crippen molar-refractivity contribution in [1.29, 1.82) is 0 Å². The maximum Gasteiger partial charge on any atom is 0.268 e. The third-order valence-electron chi connectivity index (χ3n) is 4.22. The van der Waals surface area contributed by atoms with E-state index in [0.29, 0.717) is 17.4 Å². The largest absolute Gasteiger partial charge is 0.497 e. The summed E-state index contributed by atoms with van der Waals surface area (Å²) in [5.41, 5.74) is 1.39. The molecule has 6 nitrogen and oxygen atoms in total. The molecule has 0 bridgehead atoms. The van der Waals surface area contributed by atoms with Crippen molar-refractivity contribution in [1.82, 2.24) is 10.2 Å². The van der Waals surface area contributed by atoms with Crippen LogP contribution in [0.3, 0.4) is 0 Å². The summed E-state index contributed by atoms with van der Waals surface area (Å²) in [5.74, 6) is -1.73. The van der Waals surface area contributed by atoms with E-state index in [1.54, 1.807) is 25.1 Å². The number of anilines is 1. The lowest BCUT2D eigenvalue weighted by Gasteiger charge is -2.24. The molecule has 10 heteroatoms. The smallest absolute Gasteiger partial charge is 0.268 e. The van der Waals surface area contributed by atoms with E-state index in [9.17, 15) is 17.2 Å². The molecule has 0 saturated carbocycles. The number of aryl methyl sites for hydroxylation is 1. The monoisotopic (exact) mass is 439 g/mol. The van der Waals surface area contributed by atoms with Crippen molar-refractivity contribution in [2.75, 3.05) is 11.4 Å². The van der Waals surface area contributed by atoms with Gasteiger partial charge < -0.3 is 4.74 Å². The highest BCUT2D eigenvalue weighted by molar-refractivity contribution is 7.92. The topological polar surface area (TPSA) is 72.4 Å². The Balaban J connectivity index is 2.13. The van der Waals surface area contributed by atoms with Gasteiger partial charge in [0.25, 0.3) is 10.0 Å². The number of ether oxygens (including phenoxy) is 1. The molecule has 0 N–H and O–H groups in total. The molecule has 3 rings (SSSR count). The van der Waals surface area contributed by atoms with Crippen LogP contribution in [-0.4, -0.2) is 25.7 Å². The van der Waals surface area contributed by atoms with Crippen molar-refractivity contribution in [2.24, 2.45) is 0 Å². The van der Waals surface area contributed by atoms with Gasteiger partial charge >= 0.3 is 0 Å². The minimum Gasteiger partial charge on any atom is -0.497 e. The molecule has 0 aliphatic carbocycles. The summed E-state index contributed by atoms with van der Waals surface area (Å²) in [5, 5.41) is 7.04. The fourth-order valence-electron chi connectivity index (χ4n) is 2.66. The summed E-state index contributed by atoms with van der Waals surface area (Å²) in [4.78, 5) is -0.763. The van der Waals surface area contributed by atoms with Crippen molar-refractivity contribution in [3.8, 4) is 5.75 Å². The Bertz CT molecular complexity index is 1140. The van der Waals surface area contributed by atoms with Crippen LogP contribution in [0.1, 0.15) is 11.1 Å².